The van der Waals surface area contributed by atoms with Crippen LogP contribution in [0.3, 0.4) is 0 Å². The van der Waals surface area contributed by atoms with E-state index in [1.807, 2.05) is 0 Å². The summed E-state index contributed by atoms with van der Waals surface area (Å²) in [6.07, 6.45) is 0.449. The average Bonchev–Trinajstić information content (AvgIpc) is 3.04. The topological polar surface area (TPSA) is 81.2 Å². The number of hydrogen-bond donors (Lipinski definition) is 1. The highest BCUT2D eigenvalue weighted by Gasteiger charge is 2.19. The number of nitrogens with one attached hydrogen (secondary N) is 1. The molecule has 3 rings (SSSR count). The van der Waals surface area contributed by atoms with Gasteiger partial charge in [-0.15, -0.1) is 11.3 Å². The molecule has 2 aromatic heterocycles. The highest BCUT2D eigenvalue weighted by Crippen LogP contribution is 2.20. The van der Waals surface area contributed by atoms with Gasteiger partial charge in [-0.25, -0.2) is 14.8 Å². The van der Waals surface area contributed by atoms with Crippen molar-refractivity contribution in [2.75, 3.05) is 5.32 Å². The molecule has 0 spiro atoms. The third-order valence-electron chi connectivity index (χ3n) is 3.20. The molecule has 24 heavy (non-hydrogen) atoms. The van der Waals surface area contributed by atoms with E-state index in [1.165, 1.54) is 24.5 Å². The molecular weight excluding hydrogens is 350 g/mol. The van der Waals surface area contributed by atoms with Gasteiger partial charge in [-0.1, -0.05) is 11.6 Å². The van der Waals surface area contributed by atoms with Gasteiger partial charge in [0.2, 0.25) is 0 Å². The molecular formula is C16H12ClN3O3S. The van der Waals surface area contributed by atoms with Gasteiger partial charge < -0.3 is 10.1 Å². The van der Waals surface area contributed by atoms with E-state index in [-0.39, 0.29) is 0 Å². The molecule has 0 bridgehead atoms. The van der Waals surface area contributed by atoms with Crippen molar-refractivity contribution in [3.8, 4) is 0 Å². The van der Waals surface area contributed by atoms with E-state index in [0.717, 1.165) is 10.2 Å². The summed E-state index contributed by atoms with van der Waals surface area (Å²) in [6.45, 7) is 1.49. The van der Waals surface area contributed by atoms with E-state index in [9.17, 15) is 9.59 Å². The van der Waals surface area contributed by atoms with Crippen LogP contribution in [0, 0.1) is 0 Å². The summed E-state index contributed by atoms with van der Waals surface area (Å²) in [4.78, 5) is 32.3. The lowest BCUT2D eigenvalue weighted by Gasteiger charge is -2.13. The second-order valence-corrected chi connectivity index (χ2v) is 6.26. The van der Waals surface area contributed by atoms with Crippen molar-refractivity contribution < 1.29 is 14.3 Å². The Bertz CT molecular complexity index is 895. The molecule has 3 aromatic rings. The molecule has 6 nitrogen and oxygen atoms in total. The van der Waals surface area contributed by atoms with E-state index in [0.29, 0.717) is 16.4 Å². The molecule has 122 valence electrons. The third-order valence-corrected chi connectivity index (χ3v) is 4.21. The number of thiazole rings is 1. The lowest BCUT2D eigenvalue weighted by molar-refractivity contribution is -0.123. The van der Waals surface area contributed by atoms with Crippen molar-refractivity contribution in [2.45, 2.75) is 13.0 Å². The van der Waals surface area contributed by atoms with Crippen LogP contribution < -0.4 is 5.32 Å². The van der Waals surface area contributed by atoms with Gasteiger partial charge >= 0.3 is 5.97 Å². The molecule has 0 saturated heterocycles. The maximum Gasteiger partial charge on any atom is 0.338 e. The van der Waals surface area contributed by atoms with Gasteiger partial charge in [0, 0.05) is 6.20 Å². The number of pyridine rings is 1. The largest absolute Gasteiger partial charge is 0.449 e. The fraction of sp³-hybridized carbons (Fsp3) is 0.125. The Kier molecular flexibility index (Phi) is 4.73. The maximum atomic E-state index is 12.2. The fourth-order valence-electron chi connectivity index (χ4n) is 1.94. The molecule has 0 saturated carbocycles. The smallest absolute Gasteiger partial charge is 0.338 e. The Labute approximate surface area is 146 Å². The average molecular weight is 362 g/mol. The van der Waals surface area contributed by atoms with Crippen molar-refractivity contribution >= 4 is 50.8 Å². The van der Waals surface area contributed by atoms with E-state index in [2.05, 4.69) is 15.3 Å². The number of hydrogen-bond acceptors (Lipinski definition) is 6. The summed E-state index contributed by atoms with van der Waals surface area (Å²) in [5, 5.41) is 3.02. The summed E-state index contributed by atoms with van der Waals surface area (Å²) in [5.74, 6) is -0.715. The van der Waals surface area contributed by atoms with Crippen LogP contribution in [0.4, 0.5) is 5.82 Å². The van der Waals surface area contributed by atoms with Gasteiger partial charge in [0.1, 0.15) is 5.82 Å². The number of amides is 1. The minimum atomic E-state index is -0.966. The molecule has 1 N–H and O–H groups in total. The Morgan fingerprint density at radius 1 is 1.25 bits per heavy atom. The zero-order chi connectivity index (χ0) is 17.1. The SMILES string of the molecule is CC(OC(=O)c1ccc2ncsc2c1)C(=O)Nc1ccc(Cl)cn1. The third kappa shape index (κ3) is 3.69. The molecule has 0 fully saturated rings. The van der Waals surface area contributed by atoms with Crippen LogP contribution in [0.2, 0.25) is 5.02 Å². The number of carbonyl (C=O) groups excluding carboxylic acids is 2. The quantitative estimate of drug-likeness (QED) is 0.719. The van der Waals surface area contributed by atoms with E-state index < -0.39 is 18.0 Å². The van der Waals surface area contributed by atoms with Crippen LogP contribution >= 0.6 is 22.9 Å². The van der Waals surface area contributed by atoms with Crippen LogP contribution in [0.1, 0.15) is 17.3 Å². The van der Waals surface area contributed by atoms with Crippen molar-refractivity contribution in [3.05, 3.63) is 52.6 Å². The Balaban J connectivity index is 1.64. The number of esters is 1. The minimum absolute atomic E-state index is 0.332. The van der Waals surface area contributed by atoms with Crippen molar-refractivity contribution in [3.63, 3.8) is 0 Å². The lowest BCUT2D eigenvalue weighted by atomic mass is 10.2. The molecule has 1 aromatic carbocycles. The van der Waals surface area contributed by atoms with Crippen molar-refractivity contribution in [1.82, 2.24) is 9.97 Å². The van der Waals surface area contributed by atoms with E-state index in [4.69, 9.17) is 16.3 Å². The van der Waals surface area contributed by atoms with Gasteiger partial charge in [0.15, 0.2) is 6.10 Å². The molecule has 0 aliphatic rings. The molecule has 0 aliphatic carbocycles. The summed E-state index contributed by atoms with van der Waals surface area (Å²) >= 11 is 7.16. The first-order chi connectivity index (χ1) is 11.5. The molecule has 8 heteroatoms. The van der Waals surface area contributed by atoms with Crippen LogP contribution in [-0.2, 0) is 9.53 Å². The lowest BCUT2D eigenvalue weighted by Crippen LogP contribution is -2.30. The summed E-state index contributed by atoms with van der Waals surface area (Å²) in [6, 6.07) is 8.22. The minimum Gasteiger partial charge on any atom is -0.449 e. The molecule has 0 aliphatic heterocycles. The molecule has 2 heterocycles. The number of ether oxygens (including phenoxy) is 1. The number of rotatable bonds is 4. The summed E-state index contributed by atoms with van der Waals surface area (Å²) in [7, 11) is 0. The van der Waals surface area contributed by atoms with Crippen molar-refractivity contribution in [2.24, 2.45) is 0 Å². The standard InChI is InChI=1S/C16H12ClN3O3S/c1-9(15(21)20-14-5-3-11(17)7-18-14)23-16(22)10-2-4-12-13(6-10)24-8-19-12/h2-9H,1H3,(H,18,20,21). The van der Waals surface area contributed by atoms with E-state index >= 15 is 0 Å². The van der Waals surface area contributed by atoms with Gasteiger partial charge in [-0.2, -0.15) is 0 Å². The van der Waals surface area contributed by atoms with Gasteiger partial charge in [-0.05, 0) is 37.3 Å². The maximum absolute atomic E-state index is 12.2. The predicted molar refractivity (Wildman–Crippen MR) is 92.4 cm³/mol. The number of fused-ring (bicyclic) bond motifs is 1. The zero-order valence-corrected chi connectivity index (χ0v) is 14.1. The van der Waals surface area contributed by atoms with Gasteiger partial charge in [0.25, 0.3) is 5.91 Å². The first kappa shape index (κ1) is 16.4. The number of halogens is 1. The number of benzene rings is 1. The van der Waals surface area contributed by atoms with Crippen LogP contribution in [-0.4, -0.2) is 27.9 Å². The monoisotopic (exact) mass is 361 g/mol. The second kappa shape index (κ2) is 6.94. The van der Waals surface area contributed by atoms with Crippen LogP contribution in [0.5, 0.6) is 0 Å². The normalized spacial score (nSPS) is 11.9. The molecule has 1 atom stereocenters. The van der Waals surface area contributed by atoms with Gasteiger partial charge in [-0.3, -0.25) is 4.79 Å². The highest BCUT2D eigenvalue weighted by molar-refractivity contribution is 7.16. The van der Waals surface area contributed by atoms with Crippen LogP contribution in [0.25, 0.3) is 10.2 Å². The van der Waals surface area contributed by atoms with Crippen molar-refractivity contribution in [1.29, 1.82) is 0 Å². The highest BCUT2D eigenvalue weighted by atomic mass is 35.5. The molecule has 1 unspecified atom stereocenters. The number of anilines is 1. The van der Waals surface area contributed by atoms with Crippen LogP contribution in [0.15, 0.2) is 42.0 Å². The Morgan fingerprint density at radius 3 is 2.83 bits per heavy atom. The Hall–Kier alpha value is -2.51. The first-order valence-electron chi connectivity index (χ1n) is 6.99. The Morgan fingerprint density at radius 2 is 2.08 bits per heavy atom. The summed E-state index contributed by atoms with van der Waals surface area (Å²) in [5.41, 5.74) is 2.89. The number of nitrogens with zero attached hydrogens (tertiary/aromatic N) is 2. The van der Waals surface area contributed by atoms with E-state index in [1.54, 1.807) is 35.8 Å². The number of aromatic nitrogens is 2. The predicted octanol–water partition coefficient (Wildman–Crippen LogP) is 3.53. The van der Waals surface area contributed by atoms with Gasteiger partial charge in [0.05, 0.1) is 26.3 Å². The molecule has 1 amide bonds. The summed E-state index contributed by atoms with van der Waals surface area (Å²) < 4.78 is 6.08. The number of carbonyl (C=O) groups is 2. The second-order valence-electron chi connectivity index (χ2n) is 4.93. The fourth-order valence-corrected chi connectivity index (χ4v) is 2.77. The molecule has 0 radical (unpaired) electrons. The first-order valence-corrected chi connectivity index (χ1v) is 8.25. The zero-order valence-electron chi connectivity index (χ0n) is 12.5.